The summed E-state index contributed by atoms with van der Waals surface area (Å²) >= 11 is -0.762. The molecule has 1 aromatic rings. The molecule has 2 heteroatoms. The molecule has 0 aromatic carbocycles. The van der Waals surface area contributed by atoms with Gasteiger partial charge in [0.15, 0.2) is 0 Å². The molecule has 56 valence electrons. The molecule has 1 aromatic heterocycles. The fraction of sp³-hybridized carbons (Fsp3) is 0.375. The molecule has 10 heavy (non-hydrogen) atoms. The average molecular weight is 249 g/mol. The second-order valence-electron chi connectivity index (χ2n) is 2.03. The van der Waals surface area contributed by atoms with Crippen LogP contribution >= 0.6 is 19.8 Å². The molecule has 0 N–H and O–H groups in total. The standard InChI is InChI=1S/C8H12IN/c1-3-9(2)8-5-4-6-10-7-8/h4-7H,3H2,1-2H3. The first-order chi connectivity index (χ1) is 4.84. The fourth-order valence-electron chi connectivity index (χ4n) is 0.687. The Bertz CT molecular complexity index is 186. The molecule has 0 atom stereocenters. The minimum absolute atomic E-state index is 0.762. The summed E-state index contributed by atoms with van der Waals surface area (Å²) in [5.74, 6) is 0. The van der Waals surface area contributed by atoms with Crippen molar-refractivity contribution in [1.29, 1.82) is 0 Å². The summed E-state index contributed by atoms with van der Waals surface area (Å²) in [6.07, 6.45) is 3.84. The molecule has 0 amide bonds. The average Bonchev–Trinajstić information content (AvgIpc) is 2.05. The van der Waals surface area contributed by atoms with Crippen LogP contribution in [0.15, 0.2) is 24.5 Å². The predicted octanol–water partition coefficient (Wildman–Crippen LogP) is 2.41. The van der Waals surface area contributed by atoms with E-state index in [1.54, 1.807) is 0 Å². The van der Waals surface area contributed by atoms with E-state index in [-0.39, 0.29) is 0 Å². The van der Waals surface area contributed by atoms with Crippen LogP contribution in [0.4, 0.5) is 0 Å². The van der Waals surface area contributed by atoms with Gasteiger partial charge in [0.25, 0.3) is 0 Å². The number of pyridine rings is 1. The van der Waals surface area contributed by atoms with E-state index < -0.39 is 19.8 Å². The van der Waals surface area contributed by atoms with Gasteiger partial charge in [-0.15, -0.1) is 0 Å². The van der Waals surface area contributed by atoms with Crippen molar-refractivity contribution in [2.75, 3.05) is 9.36 Å². The van der Waals surface area contributed by atoms with Crippen molar-refractivity contribution in [3.63, 3.8) is 0 Å². The van der Waals surface area contributed by atoms with Gasteiger partial charge < -0.3 is 0 Å². The second-order valence-corrected chi connectivity index (χ2v) is 8.17. The van der Waals surface area contributed by atoms with Crippen molar-refractivity contribution in [3.8, 4) is 0 Å². The van der Waals surface area contributed by atoms with Gasteiger partial charge in [-0.3, -0.25) is 0 Å². The summed E-state index contributed by atoms with van der Waals surface area (Å²) in [4.78, 5) is 6.47. The number of aromatic nitrogens is 1. The van der Waals surface area contributed by atoms with Crippen molar-refractivity contribution >= 4 is 19.8 Å². The third kappa shape index (κ3) is 1.94. The molecule has 0 fully saturated rings. The Hall–Kier alpha value is -0.120. The van der Waals surface area contributed by atoms with Gasteiger partial charge in [-0.25, -0.2) is 0 Å². The number of hydrogen-bond donors (Lipinski definition) is 0. The molecule has 1 heterocycles. The van der Waals surface area contributed by atoms with Crippen LogP contribution in [-0.4, -0.2) is 14.3 Å². The summed E-state index contributed by atoms with van der Waals surface area (Å²) in [6.45, 7) is 2.26. The van der Waals surface area contributed by atoms with Crippen LogP contribution in [0, 0.1) is 3.57 Å². The van der Waals surface area contributed by atoms with E-state index in [0.29, 0.717) is 0 Å². The maximum atomic E-state index is 4.09. The number of halogens is 1. The number of rotatable bonds is 2. The van der Waals surface area contributed by atoms with Crippen LogP contribution in [0.2, 0.25) is 0 Å². The van der Waals surface area contributed by atoms with E-state index in [2.05, 4.69) is 22.9 Å². The fourth-order valence-corrected chi connectivity index (χ4v) is 3.03. The van der Waals surface area contributed by atoms with Gasteiger partial charge in [0.2, 0.25) is 0 Å². The van der Waals surface area contributed by atoms with Crippen molar-refractivity contribution in [2.24, 2.45) is 0 Å². The summed E-state index contributed by atoms with van der Waals surface area (Å²) in [5, 5.41) is 0. The quantitative estimate of drug-likeness (QED) is 0.579. The number of nitrogens with zero attached hydrogens (tertiary/aromatic N) is 1. The maximum absolute atomic E-state index is 4.09. The van der Waals surface area contributed by atoms with Gasteiger partial charge in [0.1, 0.15) is 0 Å². The summed E-state index contributed by atoms with van der Waals surface area (Å²) in [5.41, 5.74) is 0. The number of hydrogen-bond acceptors (Lipinski definition) is 1. The predicted molar refractivity (Wildman–Crippen MR) is 53.4 cm³/mol. The molecule has 0 saturated carbocycles. The Balaban J connectivity index is 2.75. The zero-order chi connectivity index (χ0) is 7.40. The molecule has 0 spiro atoms. The van der Waals surface area contributed by atoms with E-state index in [9.17, 15) is 0 Å². The normalized spacial score (nSPS) is 11.2. The van der Waals surface area contributed by atoms with E-state index in [1.165, 1.54) is 8.00 Å². The van der Waals surface area contributed by atoms with Gasteiger partial charge in [-0.1, -0.05) is 0 Å². The Morgan fingerprint density at radius 2 is 2.40 bits per heavy atom. The van der Waals surface area contributed by atoms with Crippen LogP contribution in [-0.2, 0) is 0 Å². The molecular formula is C8H12IN. The molecule has 0 bridgehead atoms. The summed E-state index contributed by atoms with van der Waals surface area (Å²) in [7, 11) is 0. The molecule has 0 saturated heterocycles. The second kappa shape index (κ2) is 3.91. The summed E-state index contributed by atoms with van der Waals surface area (Å²) < 4.78 is 2.84. The molecule has 1 rings (SSSR count). The van der Waals surface area contributed by atoms with E-state index >= 15 is 0 Å². The molecule has 0 aliphatic heterocycles. The molecular weight excluding hydrogens is 237 g/mol. The van der Waals surface area contributed by atoms with Crippen LogP contribution in [0.25, 0.3) is 0 Å². The third-order valence-electron chi connectivity index (χ3n) is 1.40. The Morgan fingerprint density at radius 3 is 2.90 bits per heavy atom. The Kier molecular flexibility index (Phi) is 3.12. The van der Waals surface area contributed by atoms with Crippen molar-refractivity contribution in [1.82, 2.24) is 4.98 Å². The SMILES string of the molecule is CCI(C)c1cccnc1. The van der Waals surface area contributed by atoms with E-state index in [4.69, 9.17) is 0 Å². The van der Waals surface area contributed by atoms with Crippen LogP contribution in [0.5, 0.6) is 0 Å². The number of alkyl halides is 2. The Labute approximate surface area is 69.3 Å². The topological polar surface area (TPSA) is 12.9 Å². The zero-order valence-electron chi connectivity index (χ0n) is 6.34. The van der Waals surface area contributed by atoms with Crippen molar-refractivity contribution < 1.29 is 0 Å². The van der Waals surface area contributed by atoms with Crippen LogP contribution < -0.4 is 0 Å². The van der Waals surface area contributed by atoms with E-state index in [1.807, 2.05) is 18.5 Å². The minimum atomic E-state index is -0.762. The van der Waals surface area contributed by atoms with Crippen LogP contribution in [0.1, 0.15) is 6.92 Å². The van der Waals surface area contributed by atoms with E-state index in [0.717, 1.165) is 0 Å². The Morgan fingerprint density at radius 1 is 1.60 bits per heavy atom. The molecule has 0 radical (unpaired) electrons. The van der Waals surface area contributed by atoms with Crippen molar-refractivity contribution in [2.45, 2.75) is 6.92 Å². The van der Waals surface area contributed by atoms with Gasteiger partial charge in [-0.2, -0.15) is 0 Å². The molecule has 0 aliphatic rings. The van der Waals surface area contributed by atoms with Crippen LogP contribution in [0.3, 0.4) is 0 Å². The first-order valence-corrected chi connectivity index (χ1v) is 8.06. The molecule has 0 unspecified atom stereocenters. The monoisotopic (exact) mass is 249 g/mol. The van der Waals surface area contributed by atoms with Gasteiger partial charge in [0.05, 0.1) is 0 Å². The first-order valence-electron chi connectivity index (χ1n) is 3.30. The molecule has 0 aliphatic carbocycles. The summed E-state index contributed by atoms with van der Waals surface area (Å²) in [6, 6.07) is 4.22. The third-order valence-corrected chi connectivity index (χ3v) is 6.45. The molecule has 1 nitrogen and oxygen atoms in total. The van der Waals surface area contributed by atoms with Gasteiger partial charge >= 0.3 is 69.2 Å². The van der Waals surface area contributed by atoms with Gasteiger partial charge in [-0.05, 0) is 0 Å². The first kappa shape index (κ1) is 7.98. The zero-order valence-corrected chi connectivity index (χ0v) is 8.50. The van der Waals surface area contributed by atoms with Crippen molar-refractivity contribution in [3.05, 3.63) is 28.1 Å². The van der Waals surface area contributed by atoms with Gasteiger partial charge in [0, 0.05) is 0 Å².